The lowest BCUT2D eigenvalue weighted by atomic mass is 10.1. The number of nitrogens with zero attached hydrogens (tertiary/aromatic N) is 2. The Bertz CT molecular complexity index is 1030. The molecule has 0 aromatic heterocycles. The maximum Gasteiger partial charge on any atom is 0.270 e. The number of hydrogen-bond acceptors (Lipinski definition) is 6. The van der Waals surface area contributed by atoms with E-state index in [1.54, 1.807) is 36.4 Å². The Kier molecular flexibility index (Phi) is 7.85. The van der Waals surface area contributed by atoms with Crippen molar-refractivity contribution in [1.82, 2.24) is 5.32 Å². The maximum atomic E-state index is 12.1. The number of ether oxygens (including phenoxy) is 1. The summed E-state index contributed by atoms with van der Waals surface area (Å²) in [6.07, 6.45) is 2.61. The molecule has 0 bridgehead atoms. The summed E-state index contributed by atoms with van der Waals surface area (Å²) in [6, 6.07) is 14.1. The number of nitriles is 1. The van der Waals surface area contributed by atoms with Crippen molar-refractivity contribution < 1.29 is 19.2 Å². The smallest absolute Gasteiger partial charge is 0.270 e. The minimum absolute atomic E-state index is 0.105. The van der Waals surface area contributed by atoms with Crippen molar-refractivity contribution in [2.45, 2.75) is 0 Å². The van der Waals surface area contributed by atoms with E-state index in [0.717, 1.165) is 12.1 Å². The highest BCUT2D eigenvalue weighted by Crippen LogP contribution is 2.26. The molecule has 0 aliphatic heterocycles. The summed E-state index contributed by atoms with van der Waals surface area (Å²) in [5.41, 5.74) is 0.157. The summed E-state index contributed by atoms with van der Waals surface area (Å²) in [5, 5.41) is 25.4. The molecule has 2 N–H and O–H groups in total. The van der Waals surface area contributed by atoms with E-state index in [1.165, 1.54) is 18.2 Å². The van der Waals surface area contributed by atoms with E-state index in [9.17, 15) is 25.0 Å². The van der Waals surface area contributed by atoms with Gasteiger partial charge in [0.15, 0.2) is 6.61 Å². The van der Waals surface area contributed by atoms with Crippen LogP contribution >= 0.6 is 0 Å². The van der Waals surface area contributed by atoms with Crippen molar-refractivity contribution in [3.05, 3.63) is 82.4 Å². The predicted molar refractivity (Wildman–Crippen MR) is 110 cm³/mol. The third kappa shape index (κ3) is 6.31. The van der Waals surface area contributed by atoms with Crippen molar-refractivity contribution in [1.29, 1.82) is 5.26 Å². The van der Waals surface area contributed by atoms with E-state index < -0.39 is 16.7 Å². The molecule has 9 nitrogen and oxygen atoms in total. The van der Waals surface area contributed by atoms with Gasteiger partial charge in [-0.2, -0.15) is 5.26 Å². The number of nitro benzene ring substituents is 1. The van der Waals surface area contributed by atoms with Crippen LogP contribution in [0, 0.1) is 21.4 Å². The summed E-state index contributed by atoms with van der Waals surface area (Å²) in [5.74, 6) is -1.01. The molecule has 0 aliphatic rings. The molecule has 0 saturated heterocycles. The summed E-state index contributed by atoms with van der Waals surface area (Å²) >= 11 is 0. The molecular formula is C21H18N4O5. The standard InChI is InChI=1S/C21H18N4O5/c1-2-10-23-21(27)16(13-22)11-15-12-18(25(28)29)8-9-19(15)30-14-20(26)24-17-6-4-3-5-7-17/h2-9,11-12H,1,10,14H2,(H,23,27)(H,24,26). The summed E-state index contributed by atoms with van der Waals surface area (Å²) in [7, 11) is 0. The molecule has 2 amide bonds. The van der Waals surface area contributed by atoms with Gasteiger partial charge in [0.05, 0.1) is 4.92 Å². The normalized spacial score (nSPS) is 10.4. The number of carbonyl (C=O) groups excluding carboxylic acids is 2. The topological polar surface area (TPSA) is 134 Å². The molecule has 152 valence electrons. The molecule has 9 heteroatoms. The highest BCUT2D eigenvalue weighted by Gasteiger charge is 2.15. The lowest BCUT2D eigenvalue weighted by molar-refractivity contribution is -0.384. The number of carbonyl (C=O) groups is 2. The Morgan fingerprint density at radius 3 is 2.60 bits per heavy atom. The average Bonchev–Trinajstić information content (AvgIpc) is 2.75. The Hall–Kier alpha value is -4.45. The van der Waals surface area contributed by atoms with Crippen LogP contribution in [0.15, 0.2) is 66.8 Å². The van der Waals surface area contributed by atoms with Crippen molar-refractivity contribution in [3.63, 3.8) is 0 Å². The molecule has 0 heterocycles. The summed E-state index contributed by atoms with van der Waals surface area (Å²) < 4.78 is 5.48. The van der Waals surface area contributed by atoms with E-state index >= 15 is 0 Å². The molecule has 0 spiro atoms. The van der Waals surface area contributed by atoms with Gasteiger partial charge < -0.3 is 15.4 Å². The molecule has 0 radical (unpaired) electrons. The summed E-state index contributed by atoms with van der Waals surface area (Å²) in [6.45, 7) is 3.24. The molecule has 2 aromatic carbocycles. The number of nitrogens with one attached hydrogen (secondary N) is 2. The van der Waals surface area contributed by atoms with Crippen LogP contribution in [0.1, 0.15) is 5.56 Å². The Morgan fingerprint density at radius 2 is 1.97 bits per heavy atom. The van der Waals surface area contributed by atoms with Crippen molar-refractivity contribution in [2.24, 2.45) is 0 Å². The van der Waals surface area contributed by atoms with Crippen LogP contribution in [-0.2, 0) is 9.59 Å². The van der Waals surface area contributed by atoms with E-state index in [2.05, 4.69) is 17.2 Å². The van der Waals surface area contributed by atoms with Gasteiger partial charge in [-0.1, -0.05) is 24.3 Å². The molecule has 2 rings (SSSR count). The van der Waals surface area contributed by atoms with Gasteiger partial charge in [0, 0.05) is 29.9 Å². The first-order valence-corrected chi connectivity index (χ1v) is 8.71. The molecule has 0 fully saturated rings. The van der Waals surface area contributed by atoms with Crippen molar-refractivity contribution in [2.75, 3.05) is 18.5 Å². The zero-order valence-corrected chi connectivity index (χ0v) is 15.8. The van der Waals surface area contributed by atoms with Gasteiger partial charge in [-0.25, -0.2) is 0 Å². The molecular weight excluding hydrogens is 388 g/mol. The first kappa shape index (κ1) is 21.8. The van der Waals surface area contributed by atoms with Crippen LogP contribution in [0.3, 0.4) is 0 Å². The van der Waals surface area contributed by atoms with Gasteiger partial charge in [0.1, 0.15) is 17.4 Å². The van der Waals surface area contributed by atoms with E-state index in [0.29, 0.717) is 5.69 Å². The lowest BCUT2D eigenvalue weighted by Gasteiger charge is -2.10. The second-order valence-corrected chi connectivity index (χ2v) is 5.85. The molecule has 0 saturated carbocycles. The third-order valence-electron chi connectivity index (χ3n) is 3.69. The largest absolute Gasteiger partial charge is 0.483 e. The van der Waals surface area contributed by atoms with Gasteiger partial charge >= 0.3 is 0 Å². The maximum absolute atomic E-state index is 12.1. The number of non-ortho nitro benzene ring substituents is 1. The van der Waals surface area contributed by atoms with Gasteiger partial charge in [-0.15, -0.1) is 6.58 Å². The fraction of sp³-hybridized carbons (Fsp3) is 0.0952. The van der Waals surface area contributed by atoms with Gasteiger partial charge in [0.2, 0.25) is 0 Å². The minimum Gasteiger partial charge on any atom is -0.483 e. The number of nitro groups is 1. The minimum atomic E-state index is -0.670. The average molecular weight is 406 g/mol. The predicted octanol–water partition coefficient (Wildman–Crippen LogP) is 2.82. The van der Waals surface area contributed by atoms with Crippen molar-refractivity contribution >= 4 is 29.3 Å². The molecule has 0 unspecified atom stereocenters. The monoisotopic (exact) mass is 406 g/mol. The second kappa shape index (κ2) is 10.8. The highest BCUT2D eigenvalue weighted by molar-refractivity contribution is 6.02. The van der Waals surface area contributed by atoms with Gasteiger partial charge in [-0.3, -0.25) is 19.7 Å². The molecule has 30 heavy (non-hydrogen) atoms. The van der Waals surface area contributed by atoms with Crippen LogP contribution in [0.4, 0.5) is 11.4 Å². The van der Waals surface area contributed by atoms with Crippen LogP contribution in [0.25, 0.3) is 6.08 Å². The van der Waals surface area contributed by atoms with Crippen LogP contribution in [0.2, 0.25) is 0 Å². The Balaban J connectivity index is 2.24. The first-order valence-electron chi connectivity index (χ1n) is 8.71. The number of rotatable bonds is 9. The quantitative estimate of drug-likeness (QED) is 0.216. The number of anilines is 1. The van der Waals surface area contributed by atoms with E-state index in [4.69, 9.17) is 4.74 Å². The Labute approximate surface area is 172 Å². The summed E-state index contributed by atoms with van der Waals surface area (Å²) in [4.78, 5) is 34.6. The third-order valence-corrected chi connectivity index (χ3v) is 3.69. The van der Waals surface area contributed by atoms with Gasteiger partial charge in [-0.05, 0) is 24.3 Å². The zero-order chi connectivity index (χ0) is 21.9. The lowest BCUT2D eigenvalue weighted by Crippen LogP contribution is -2.24. The van der Waals surface area contributed by atoms with Crippen LogP contribution in [-0.4, -0.2) is 29.9 Å². The van der Waals surface area contributed by atoms with Crippen LogP contribution in [0.5, 0.6) is 5.75 Å². The fourth-order valence-corrected chi connectivity index (χ4v) is 2.32. The second-order valence-electron chi connectivity index (χ2n) is 5.85. The molecule has 2 aromatic rings. The molecule has 0 aliphatic carbocycles. The van der Waals surface area contributed by atoms with E-state index in [-0.39, 0.29) is 35.7 Å². The first-order chi connectivity index (χ1) is 14.4. The fourth-order valence-electron chi connectivity index (χ4n) is 2.32. The Morgan fingerprint density at radius 1 is 1.23 bits per heavy atom. The van der Waals surface area contributed by atoms with Crippen LogP contribution < -0.4 is 15.4 Å². The SMILES string of the molecule is C=CCNC(=O)C(C#N)=Cc1cc([N+](=O)[O-])ccc1OCC(=O)Nc1ccccc1. The zero-order valence-electron chi connectivity index (χ0n) is 15.8. The number of hydrogen-bond donors (Lipinski definition) is 2. The number of para-hydroxylation sites is 1. The highest BCUT2D eigenvalue weighted by atomic mass is 16.6. The van der Waals surface area contributed by atoms with E-state index in [1.807, 2.05) is 0 Å². The number of amides is 2. The molecule has 0 atom stereocenters. The van der Waals surface area contributed by atoms with Gasteiger partial charge in [0.25, 0.3) is 17.5 Å². The number of benzene rings is 2. The van der Waals surface area contributed by atoms with Crippen molar-refractivity contribution in [3.8, 4) is 11.8 Å².